The quantitative estimate of drug-likeness (QED) is 0.628. The lowest BCUT2D eigenvalue weighted by atomic mass is 10.1. The molecule has 1 aliphatic rings. The van der Waals surface area contributed by atoms with Crippen molar-refractivity contribution in [2.75, 3.05) is 20.1 Å². The Balaban J connectivity index is 2.10. The van der Waals surface area contributed by atoms with Crippen molar-refractivity contribution in [1.29, 1.82) is 0 Å². The highest BCUT2D eigenvalue weighted by Crippen LogP contribution is 2.19. The molecule has 1 saturated heterocycles. The molecule has 0 radical (unpaired) electrons. The maximum Gasteiger partial charge on any atom is 0.242 e. The molecular weight excluding hydrogens is 282 g/mol. The van der Waals surface area contributed by atoms with E-state index in [9.17, 15) is 14.4 Å². The Labute approximate surface area is 133 Å². The second-order valence-electron chi connectivity index (χ2n) is 5.86. The molecule has 1 fully saturated rings. The summed E-state index contributed by atoms with van der Waals surface area (Å²) < 4.78 is 0. The lowest BCUT2D eigenvalue weighted by Gasteiger charge is -2.23. The number of nitrogens with zero attached hydrogens (tertiary/aromatic N) is 1. The summed E-state index contributed by atoms with van der Waals surface area (Å²) in [5.41, 5.74) is 0. The number of nitrogens with one attached hydrogen (secondary N) is 2. The van der Waals surface area contributed by atoms with Gasteiger partial charge in [-0.2, -0.15) is 0 Å². The Kier molecular flexibility index (Phi) is 8.55. The summed E-state index contributed by atoms with van der Waals surface area (Å²) in [7, 11) is 1.62. The van der Waals surface area contributed by atoms with Gasteiger partial charge in [0.25, 0.3) is 0 Å². The lowest BCUT2D eigenvalue weighted by molar-refractivity contribution is -0.138. The van der Waals surface area contributed by atoms with E-state index in [4.69, 9.17) is 0 Å². The number of likely N-dealkylation sites (N-methyl/N-ethyl adjacent to an activating group) is 1. The van der Waals surface area contributed by atoms with Crippen LogP contribution in [0.2, 0.25) is 0 Å². The van der Waals surface area contributed by atoms with Crippen LogP contribution in [-0.2, 0) is 14.4 Å². The summed E-state index contributed by atoms with van der Waals surface area (Å²) in [5, 5.41) is 5.41. The summed E-state index contributed by atoms with van der Waals surface area (Å²) in [5.74, 6) is 0.0649. The second kappa shape index (κ2) is 10.2. The van der Waals surface area contributed by atoms with Crippen LogP contribution in [0.25, 0.3) is 0 Å². The van der Waals surface area contributed by atoms with Gasteiger partial charge in [0.15, 0.2) is 0 Å². The monoisotopic (exact) mass is 311 g/mol. The van der Waals surface area contributed by atoms with Crippen LogP contribution < -0.4 is 10.6 Å². The maximum atomic E-state index is 12.2. The molecule has 0 aliphatic carbocycles. The van der Waals surface area contributed by atoms with Gasteiger partial charge in [-0.25, -0.2) is 0 Å². The van der Waals surface area contributed by atoms with Gasteiger partial charge in [-0.3, -0.25) is 14.4 Å². The van der Waals surface area contributed by atoms with Gasteiger partial charge >= 0.3 is 0 Å². The summed E-state index contributed by atoms with van der Waals surface area (Å²) in [6.45, 7) is 2.96. The van der Waals surface area contributed by atoms with E-state index in [-0.39, 0.29) is 23.8 Å². The van der Waals surface area contributed by atoms with E-state index in [2.05, 4.69) is 10.6 Å². The van der Waals surface area contributed by atoms with E-state index >= 15 is 0 Å². The number of rotatable bonds is 9. The summed E-state index contributed by atoms with van der Waals surface area (Å²) >= 11 is 0. The summed E-state index contributed by atoms with van der Waals surface area (Å²) in [6, 6.07) is -0.268. The molecular formula is C16H29N3O3. The van der Waals surface area contributed by atoms with E-state index in [1.807, 2.05) is 0 Å². The molecule has 0 spiro atoms. The first-order valence-corrected chi connectivity index (χ1v) is 8.31. The third-order valence-corrected chi connectivity index (χ3v) is 4.06. The van der Waals surface area contributed by atoms with Gasteiger partial charge in [0.05, 0.1) is 0 Å². The molecule has 1 rings (SSSR count). The van der Waals surface area contributed by atoms with Crippen molar-refractivity contribution < 1.29 is 14.4 Å². The Morgan fingerprint density at radius 2 is 1.77 bits per heavy atom. The van der Waals surface area contributed by atoms with Crippen molar-refractivity contribution in [3.63, 3.8) is 0 Å². The second-order valence-corrected chi connectivity index (χ2v) is 5.86. The topological polar surface area (TPSA) is 78.5 Å². The SMILES string of the molecule is CNC(=O)C1CCCN1C(=O)CCCCCCCNC(C)=O. The molecule has 1 heterocycles. The van der Waals surface area contributed by atoms with Crippen LogP contribution in [0.5, 0.6) is 0 Å². The van der Waals surface area contributed by atoms with Crippen molar-refractivity contribution in [2.24, 2.45) is 0 Å². The van der Waals surface area contributed by atoms with Gasteiger partial charge in [-0.15, -0.1) is 0 Å². The minimum atomic E-state index is -0.268. The van der Waals surface area contributed by atoms with Gasteiger partial charge in [0.1, 0.15) is 6.04 Å². The Hall–Kier alpha value is -1.59. The highest BCUT2D eigenvalue weighted by Gasteiger charge is 2.32. The zero-order chi connectivity index (χ0) is 16.4. The maximum absolute atomic E-state index is 12.2. The standard InChI is InChI=1S/C16H29N3O3/c1-13(20)18-11-7-5-3-4-6-10-15(21)19-12-8-9-14(19)16(22)17-2/h14H,3-12H2,1-2H3,(H,17,22)(H,18,20). The van der Waals surface area contributed by atoms with Gasteiger partial charge < -0.3 is 15.5 Å². The van der Waals surface area contributed by atoms with Crippen LogP contribution >= 0.6 is 0 Å². The van der Waals surface area contributed by atoms with Crippen LogP contribution in [0.15, 0.2) is 0 Å². The fraction of sp³-hybridized carbons (Fsp3) is 0.812. The van der Waals surface area contributed by atoms with Crippen LogP contribution in [0.4, 0.5) is 0 Å². The predicted molar refractivity (Wildman–Crippen MR) is 85.2 cm³/mol. The van der Waals surface area contributed by atoms with E-state index in [1.54, 1.807) is 11.9 Å². The van der Waals surface area contributed by atoms with E-state index in [0.29, 0.717) is 13.0 Å². The van der Waals surface area contributed by atoms with Crippen molar-refractivity contribution in [2.45, 2.75) is 64.3 Å². The number of hydrogen-bond donors (Lipinski definition) is 2. The fourth-order valence-electron chi connectivity index (χ4n) is 2.84. The Bertz CT molecular complexity index is 385. The molecule has 126 valence electrons. The third-order valence-electron chi connectivity index (χ3n) is 4.06. The van der Waals surface area contributed by atoms with E-state index in [0.717, 1.165) is 51.5 Å². The lowest BCUT2D eigenvalue weighted by Crippen LogP contribution is -2.44. The third kappa shape index (κ3) is 6.45. The molecule has 1 aliphatic heterocycles. The largest absolute Gasteiger partial charge is 0.357 e. The van der Waals surface area contributed by atoms with Crippen LogP contribution in [0.3, 0.4) is 0 Å². The Morgan fingerprint density at radius 1 is 1.09 bits per heavy atom. The number of unbranched alkanes of at least 4 members (excludes halogenated alkanes) is 4. The number of carbonyl (C=O) groups is 3. The molecule has 1 unspecified atom stereocenters. The fourth-order valence-corrected chi connectivity index (χ4v) is 2.84. The minimum Gasteiger partial charge on any atom is -0.357 e. The minimum absolute atomic E-state index is 0.0156. The highest BCUT2D eigenvalue weighted by molar-refractivity contribution is 5.88. The number of likely N-dealkylation sites (tertiary alicyclic amines) is 1. The van der Waals surface area contributed by atoms with Crippen molar-refractivity contribution in [3.8, 4) is 0 Å². The molecule has 6 heteroatoms. The van der Waals surface area contributed by atoms with Gasteiger partial charge in [0.2, 0.25) is 17.7 Å². The first kappa shape index (κ1) is 18.5. The van der Waals surface area contributed by atoms with E-state index < -0.39 is 0 Å². The van der Waals surface area contributed by atoms with E-state index in [1.165, 1.54) is 6.92 Å². The number of amides is 3. The number of carbonyl (C=O) groups excluding carboxylic acids is 3. The van der Waals surface area contributed by atoms with Gasteiger partial charge in [0, 0.05) is 33.5 Å². The molecule has 0 saturated carbocycles. The molecule has 1 atom stereocenters. The first-order chi connectivity index (χ1) is 10.6. The molecule has 0 aromatic heterocycles. The Morgan fingerprint density at radius 3 is 2.45 bits per heavy atom. The molecule has 3 amide bonds. The molecule has 0 aromatic rings. The zero-order valence-corrected chi connectivity index (χ0v) is 13.8. The molecule has 0 bridgehead atoms. The smallest absolute Gasteiger partial charge is 0.242 e. The summed E-state index contributed by atoms with van der Waals surface area (Å²) in [6.07, 6.45) is 7.23. The number of hydrogen-bond acceptors (Lipinski definition) is 3. The first-order valence-electron chi connectivity index (χ1n) is 8.31. The van der Waals surface area contributed by atoms with Crippen LogP contribution in [0, 0.1) is 0 Å². The van der Waals surface area contributed by atoms with Crippen molar-refractivity contribution >= 4 is 17.7 Å². The molecule has 2 N–H and O–H groups in total. The predicted octanol–water partition coefficient (Wildman–Crippen LogP) is 1.20. The normalized spacial score (nSPS) is 17.4. The average Bonchev–Trinajstić information content (AvgIpc) is 2.98. The summed E-state index contributed by atoms with van der Waals surface area (Å²) in [4.78, 5) is 36.3. The van der Waals surface area contributed by atoms with Gasteiger partial charge in [-0.1, -0.05) is 19.3 Å². The van der Waals surface area contributed by atoms with Gasteiger partial charge in [-0.05, 0) is 25.7 Å². The van der Waals surface area contributed by atoms with Crippen molar-refractivity contribution in [1.82, 2.24) is 15.5 Å². The zero-order valence-electron chi connectivity index (χ0n) is 13.8. The molecule has 0 aromatic carbocycles. The highest BCUT2D eigenvalue weighted by atomic mass is 16.2. The molecule has 22 heavy (non-hydrogen) atoms. The van der Waals surface area contributed by atoms with Crippen LogP contribution in [-0.4, -0.2) is 48.8 Å². The molecule has 6 nitrogen and oxygen atoms in total. The van der Waals surface area contributed by atoms with Crippen molar-refractivity contribution in [3.05, 3.63) is 0 Å². The van der Waals surface area contributed by atoms with Crippen LogP contribution in [0.1, 0.15) is 58.3 Å². The average molecular weight is 311 g/mol.